The number of ether oxygens (including phenoxy) is 1. The Balaban J connectivity index is 0.00000190. The van der Waals surface area contributed by atoms with Crippen LogP contribution in [0.3, 0.4) is 0 Å². The number of allylic oxidation sites excluding steroid dienone is 1. The number of benzene rings is 3. The number of fused-ring (bicyclic) bond motifs is 1. The van der Waals surface area contributed by atoms with Crippen LogP contribution in [0.25, 0.3) is 5.57 Å². The normalized spacial score (nSPS) is 17.1. The monoisotopic (exact) mass is 546 g/mol. The third-order valence-electron chi connectivity index (χ3n) is 7.31. The first-order chi connectivity index (χ1) is 17.1. The zero-order valence-electron chi connectivity index (χ0n) is 21.0. The van der Waals surface area contributed by atoms with E-state index < -0.39 is 0 Å². The molecule has 0 amide bonds. The van der Waals surface area contributed by atoms with Crippen molar-refractivity contribution in [3.8, 4) is 5.75 Å². The minimum Gasteiger partial charge on any atom is -0.496 e. The zero-order valence-corrected chi connectivity index (χ0v) is 22.7. The first-order valence-corrected chi connectivity index (χ1v) is 12.4. The number of rotatable bonds is 6. The van der Waals surface area contributed by atoms with E-state index in [2.05, 4.69) is 34.1 Å². The van der Waals surface area contributed by atoms with Gasteiger partial charge in [0.1, 0.15) is 17.4 Å². The smallest absolute Gasteiger partial charge is 0.123 e. The summed E-state index contributed by atoms with van der Waals surface area (Å²) in [4.78, 5) is 4.91. The fraction of sp³-hybridized carbons (Fsp3) is 0.333. The molecule has 3 aromatic carbocycles. The van der Waals surface area contributed by atoms with Crippen LogP contribution in [0.1, 0.15) is 41.1 Å². The third kappa shape index (κ3) is 6.71. The highest BCUT2D eigenvalue weighted by Crippen LogP contribution is 2.36. The minimum absolute atomic E-state index is 0. The molecule has 0 radical (unpaired) electrons. The maximum Gasteiger partial charge on any atom is 0.123 e. The molecule has 1 aliphatic heterocycles. The molecular weight excluding hydrogens is 513 g/mol. The van der Waals surface area contributed by atoms with Crippen LogP contribution in [0.5, 0.6) is 5.75 Å². The third-order valence-corrected chi connectivity index (χ3v) is 7.31. The summed E-state index contributed by atoms with van der Waals surface area (Å²) in [5.41, 5.74) is 6.14. The van der Waals surface area contributed by atoms with Crippen molar-refractivity contribution in [1.29, 1.82) is 0 Å². The van der Waals surface area contributed by atoms with Gasteiger partial charge in [0.2, 0.25) is 0 Å². The van der Waals surface area contributed by atoms with Crippen molar-refractivity contribution in [2.24, 2.45) is 0 Å². The molecule has 2 aliphatic rings. The van der Waals surface area contributed by atoms with Crippen LogP contribution >= 0.6 is 24.8 Å². The van der Waals surface area contributed by atoms with Crippen LogP contribution < -0.4 is 4.74 Å². The van der Waals surface area contributed by atoms with Crippen molar-refractivity contribution in [2.45, 2.75) is 25.3 Å². The second kappa shape index (κ2) is 13.4. The van der Waals surface area contributed by atoms with Gasteiger partial charge in [0.15, 0.2) is 0 Å². The molecule has 0 unspecified atom stereocenters. The molecular formula is C30H34Cl2F2N2O. The Morgan fingerprint density at radius 3 is 1.97 bits per heavy atom. The molecule has 7 heteroatoms. The fourth-order valence-electron chi connectivity index (χ4n) is 5.47. The molecule has 5 rings (SSSR count). The number of piperazine rings is 1. The van der Waals surface area contributed by atoms with E-state index in [4.69, 9.17) is 4.74 Å². The first kappa shape index (κ1) is 29.1. The Kier molecular flexibility index (Phi) is 10.5. The lowest BCUT2D eigenvalue weighted by Crippen LogP contribution is -2.47. The Bertz CT molecular complexity index is 1130. The summed E-state index contributed by atoms with van der Waals surface area (Å²) >= 11 is 0. The van der Waals surface area contributed by atoms with E-state index in [0.29, 0.717) is 0 Å². The first-order valence-electron chi connectivity index (χ1n) is 12.4. The maximum atomic E-state index is 13.6. The van der Waals surface area contributed by atoms with E-state index >= 15 is 0 Å². The number of halogens is 4. The molecule has 0 bridgehead atoms. The van der Waals surface area contributed by atoms with E-state index in [1.54, 1.807) is 7.11 Å². The quantitative estimate of drug-likeness (QED) is 0.333. The lowest BCUT2D eigenvalue weighted by molar-refractivity contribution is 0.117. The molecule has 37 heavy (non-hydrogen) atoms. The standard InChI is InChI=1S/C30H32F2N2O.2ClH/c1-35-29-7-3-5-27-22(4-2-6-28(27)29)16-17-33-18-20-34(21-19-33)30(23-8-12-25(31)13-9-23)24-10-14-26(32)15-11-24;;/h3,5,7-16,30H,2,4,6,17-21H2,1H3;2*1H. The predicted molar refractivity (Wildman–Crippen MR) is 151 cm³/mol. The van der Waals surface area contributed by atoms with Crippen molar-refractivity contribution in [2.75, 3.05) is 39.8 Å². The van der Waals surface area contributed by atoms with Crippen LogP contribution in [-0.4, -0.2) is 49.6 Å². The van der Waals surface area contributed by atoms with E-state index in [9.17, 15) is 8.78 Å². The fourth-order valence-corrected chi connectivity index (χ4v) is 5.47. The van der Waals surface area contributed by atoms with Crippen molar-refractivity contribution in [3.05, 3.63) is 107 Å². The zero-order chi connectivity index (χ0) is 24.2. The minimum atomic E-state index is -0.244. The summed E-state index contributed by atoms with van der Waals surface area (Å²) < 4.78 is 32.8. The molecule has 0 aromatic heterocycles. The number of nitrogens with zero attached hydrogens (tertiary/aromatic N) is 2. The molecule has 1 heterocycles. The van der Waals surface area contributed by atoms with Crippen molar-refractivity contribution >= 4 is 30.4 Å². The molecule has 0 atom stereocenters. The Morgan fingerprint density at radius 2 is 1.41 bits per heavy atom. The van der Waals surface area contributed by atoms with Gasteiger partial charge in [-0.3, -0.25) is 9.80 Å². The van der Waals surface area contributed by atoms with Crippen molar-refractivity contribution < 1.29 is 13.5 Å². The van der Waals surface area contributed by atoms with E-state index in [1.807, 2.05) is 24.3 Å². The van der Waals surface area contributed by atoms with Crippen molar-refractivity contribution in [3.63, 3.8) is 0 Å². The van der Waals surface area contributed by atoms with Crippen LogP contribution in [0.15, 0.2) is 72.8 Å². The Labute approximate surface area is 230 Å². The summed E-state index contributed by atoms with van der Waals surface area (Å²) in [7, 11) is 1.75. The van der Waals surface area contributed by atoms with Gasteiger partial charge in [-0.25, -0.2) is 8.78 Å². The molecule has 1 saturated heterocycles. The second-order valence-corrected chi connectivity index (χ2v) is 9.41. The van der Waals surface area contributed by atoms with E-state index in [1.165, 1.54) is 41.0 Å². The molecule has 1 aliphatic carbocycles. The van der Waals surface area contributed by atoms with Crippen LogP contribution in [-0.2, 0) is 6.42 Å². The lowest BCUT2D eigenvalue weighted by Gasteiger charge is -2.39. The van der Waals surface area contributed by atoms with Gasteiger partial charge in [0.05, 0.1) is 13.2 Å². The van der Waals surface area contributed by atoms with Gasteiger partial charge in [0, 0.05) is 38.3 Å². The van der Waals surface area contributed by atoms with Gasteiger partial charge in [-0.15, -0.1) is 24.8 Å². The Hall–Kier alpha value is -2.44. The predicted octanol–water partition coefficient (Wildman–Crippen LogP) is 6.94. The molecule has 3 nitrogen and oxygen atoms in total. The summed E-state index contributed by atoms with van der Waals surface area (Å²) in [6.07, 6.45) is 5.73. The largest absolute Gasteiger partial charge is 0.496 e. The highest BCUT2D eigenvalue weighted by atomic mass is 35.5. The van der Waals surface area contributed by atoms with Gasteiger partial charge in [-0.05, 0) is 71.9 Å². The molecule has 3 aromatic rings. The SMILES string of the molecule is COc1cccc2c1CCCC2=CCN1CCN(C(c2ccc(F)cc2)c2ccc(F)cc2)CC1.Cl.Cl. The second-order valence-electron chi connectivity index (χ2n) is 9.41. The molecule has 1 fully saturated rings. The average molecular weight is 548 g/mol. The maximum absolute atomic E-state index is 13.6. The molecule has 0 N–H and O–H groups in total. The average Bonchev–Trinajstić information content (AvgIpc) is 2.90. The van der Waals surface area contributed by atoms with Gasteiger partial charge < -0.3 is 4.74 Å². The topological polar surface area (TPSA) is 15.7 Å². The summed E-state index contributed by atoms with van der Waals surface area (Å²) in [6, 6.07) is 19.7. The Morgan fingerprint density at radius 1 is 0.811 bits per heavy atom. The summed E-state index contributed by atoms with van der Waals surface area (Å²) in [5.74, 6) is 0.507. The molecule has 198 valence electrons. The lowest BCUT2D eigenvalue weighted by atomic mass is 9.86. The van der Waals surface area contributed by atoms with E-state index in [-0.39, 0.29) is 42.5 Å². The van der Waals surface area contributed by atoms with Gasteiger partial charge >= 0.3 is 0 Å². The van der Waals surface area contributed by atoms with Gasteiger partial charge in [-0.2, -0.15) is 0 Å². The van der Waals surface area contributed by atoms with Gasteiger partial charge in [0.25, 0.3) is 0 Å². The number of methoxy groups -OCH3 is 1. The number of hydrogen-bond donors (Lipinski definition) is 0. The highest BCUT2D eigenvalue weighted by molar-refractivity contribution is 5.85. The molecule has 0 spiro atoms. The van der Waals surface area contributed by atoms with Crippen molar-refractivity contribution in [1.82, 2.24) is 9.80 Å². The van der Waals surface area contributed by atoms with Crippen LogP contribution in [0.2, 0.25) is 0 Å². The number of hydrogen-bond acceptors (Lipinski definition) is 3. The highest BCUT2D eigenvalue weighted by Gasteiger charge is 2.26. The molecule has 0 saturated carbocycles. The van der Waals surface area contributed by atoms with Crippen LogP contribution in [0, 0.1) is 11.6 Å². The van der Waals surface area contributed by atoms with Crippen LogP contribution in [0.4, 0.5) is 8.78 Å². The van der Waals surface area contributed by atoms with Gasteiger partial charge in [-0.1, -0.05) is 42.5 Å². The summed E-state index contributed by atoms with van der Waals surface area (Å²) in [6.45, 7) is 4.62. The summed E-state index contributed by atoms with van der Waals surface area (Å²) in [5, 5.41) is 0. The van der Waals surface area contributed by atoms with E-state index in [0.717, 1.165) is 68.9 Å².